The molecule has 0 saturated heterocycles. The Balaban J connectivity index is 2.09. The van der Waals surface area contributed by atoms with Gasteiger partial charge < -0.3 is 0 Å². The maximum atomic E-state index is 13.2. The van der Waals surface area contributed by atoms with Crippen molar-refractivity contribution in [3.05, 3.63) is 22.5 Å². The van der Waals surface area contributed by atoms with E-state index in [2.05, 4.69) is 5.10 Å². The fourth-order valence-corrected chi connectivity index (χ4v) is 1.12. The number of aromatic nitrogens is 2. The lowest BCUT2D eigenvalue weighted by molar-refractivity contribution is -0.385. The first-order valence-corrected chi connectivity index (χ1v) is 3.95. The summed E-state index contributed by atoms with van der Waals surface area (Å²) in [4.78, 5) is 9.71. The minimum absolute atomic E-state index is 0.0933. The van der Waals surface area contributed by atoms with Crippen LogP contribution in [0.15, 0.2) is 12.4 Å². The lowest BCUT2D eigenvalue weighted by Crippen LogP contribution is -2.12. The number of alkyl halides is 1. The van der Waals surface area contributed by atoms with Crippen LogP contribution in [0.25, 0.3) is 0 Å². The van der Waals surface area contributed by atoms with Gasteiger partial charge in [0.05, 0.1) is 11.5 Å². The summed E-state index contributed by atoms with van der Waals surface area (Å²) in [6.45, 7) is 0.126. The third-order valence-corrected chi connectivity index (χ3v) is 2.07. The number of hydrogen-bond acceptors (Lipinski definition) is 3. The summed E-state index contributed by atoms with van der Waals surface area (Å²) in [5, 5.41) is 14.0. The molecule has 13 heavy (non-hydrogen) atoms. The van der Waals surface area contributed by atoms with E-state index in [1.807, 2.05) is 0 Å². The second-order valence-corrected chi connectivity index (χ2v) is 3.30. The fraction of sp³-hybridized carbons (Fsp3) is 0.571. The molecule has 0 atom stereocenters. The summed E-state index contributed by atoms with van der Waals surface area (Å²) in [6.07, 6.45) is 3.44. The van der Waals surface area contributed by atoms with Gasteiger partial charge in [-0.2, -0.15) is 5.10 Å². The molecule has 1 fully saturated rings. The van der Waals surface area contributed by atoms with Crippen molar-refractivity contribution in [1.82, 2.24) is 9.78 Å². The van der Waals surface area contributed by atoms with Gasteiger partial charge in [0.25, 0.3) is 0 Å². The number of nitro groups is 1. The Bertz CT molecular complexity index is 345. The van der Waals surface area contributed by atoms with E-state index in [4.69, 9.17) is 0 Å². The van der Waals surface area contributed by atoms with Gasteiger partial charge in [-0.15, -0.1) is 0 Å². The lowest BCUT2D eigenvalue weighted by Gasteiger charge is -2.02. The van der Waals surface area contributed by atoms with E-state index in [1.165, 1.54) is 10.9 Å². The molecule has 5 nitrogen and oxygen atoms in total. The monoisotopic (exact) mass is 185 g/mol. The Hall–Kier alpha value is -1.46. The molecule has 1 heterocycles. The number of nitrogens with zero attached hydrogens (tertiary/aromatic N) is 3. The minimum atomic E-state index is -1.17. The van der Waals surface area contributed by atoms with Crippen molar-refractivity contribution in [1.29, 1.82) is 0 Å². The highest BCUT2D eigenvalue weighted by molar-refractivity contribution is 5.21. The topological polar surface area (TPSA) is 61.0 Å². The lowest BCUT2D eigenvalue weighted by atomic mass is 10.4. The Morgan fingerprint density at radius 1 is 1.77 bits per heavy atom. The highest BCUT2D eigenvalue weighted by Gasteiger charge is 2.43. The summed E-state index contributed by atoms with van der Waals surface area (Å²) in [6, 6.07) is 0. The van der Waals surface area contributed by atoms with E-state index < -0.39 is 10.6 Å². The van der Waals surface area contributed by atoms with Crippen molar-refractivity contribution in [2.45, 2.75) is 25.1 Å². The number of halogens is 1. The van der Waals surface area contributed by atoms with Crippen LogP contribution in [-0.4, -0.2) is 20.4 Å². The molecule has 0 amide bonds. The minimum Gasteiger partial charge on any atom is -0.262 e. The van der Waals surface area contributed by atoms with Gasteiger partial charge in [0.1, 0.15) is 18.1 Å². The highest BCUT2D eigenvalue weighted by Crippen LogP contribution is 2.41. The van der Waals surface area contributed by atoms with Gasteiger partial charge in [-0.05, 0) is 12.8 Å². The zero-order chi connectivity index (χ0) is 9.47. The third-order valence-electron chi connectivity index (χ3n) is 2.07. The number of rotatable bonds is 3. The van der Waals surface area contributed by atoms with E-state index in [-0.39, 0.29) is 12.2 Å². The van der Waals surface area contributed by atoms with E-state index in [0.717, 1.165) is 6.20 Å². The van der Waals surface area contributed by atoms with Crippen molar-refractivity contribution in [2.24, 2.45) is 0 Å². The Morgan fingerprint density at radius 3 is 2.92 bits per heavy atom. The van der Waals surface area contributed by atoms with Crippen molar-refractivity contribution >= 4 is 5.69 Å². The van der Waals surface area contributed by atoms with E-state index in [9.17, 15) is 14.5 Å². The van der Waals surface area contributed by atoms with E-state index in [0.29, 0.717) is 12.8 Å². The fourth-order valence-electron chi connectivity index (χ4n) is 1.12. The van der Waals surface area contributed by atoms with Crippen LogP contribution < -0.4 is 0 Å². The Kier molecular flexibility index (Phi) is 1.58. The van der Waals surface area contributed by atoms with Crippen LogP contribution in [0.3, 0.4) is 0 Å². The smallest absolute Gasteiger partial charge is 0.262 e. The van der Waals surface area contributed by atoms with E-state index >= 15 is 0 Å². The molecule has 0 bridgehead atoms. The summed E-state index contributed by atoms with van der Waals surface area (Å²) in [5.41, 5.74) is -1.26. The van der Waals surface area contributed by atoms with Crippen LogP contribution in [0.5, 0.6) is 0 Å². The number of hydrogen-bond donors (Lipinski definition) is 0. The first-order valence-electron chi connectivity index (χ1n) is 3.95. The second-order valence-electron chi connectivity index (χ2n) is 3.30. The molecule has 1 aliphatic carbocycles. The quantitative estimate of drug-likeness (QED) is 0.526. The molecule has 1 aliphatic rings. The first kappa shape index (κ1) is 8.15. The van der Waals surface area contributed by atoms with Crippen molar-refractivity contribution < 1.29 is 9.31 Å². The Labute approximate surface area is 73.3 Å². The molecule has 1 aromatic rings. The summed E-state index contributed by atoms with van der Waals surface area (Å²) < 4.78 is 14.4. The first-order chi connectivity index (χ1) is 6.09. The molecule has 6 heteroatoms. The average Bonchev–Trinajstić information content (AvgIpc) is 2.62. The zero-order valence-electron chi connectivity index (χ0n) is 6.81. The van der Waals surface area contributed by atoms with Gasteiger partial charge >= 0.3 is 5.69 Å². The largest absolute Gasteiger partial charge is 0.306 e. The molecule has 0 N–H and O–H groups in total. The molecule has 0 aliphatic heterocycles. The third kappa shape index (κ3) is 1.66. The second kappa shape index (κ2) is 2.51. The van der Waals surface area contributed by atoms with Crippen molar-refractivity contribution in [3.63, 3.8) is 0 Å². The summed E-state index contributed by atoms with van der Waals surface area (Å²) in [5.74, 6) is 0. The molecule has 70 valence electrons. The van der Waals surface area contributed by atoms with Crippen LogP contribution in [0, 0.1) is 10.1 Å². The van der Waals surface area contributed by atoms with Gasteiger partial charge in [0.15, 0.2) is 0 Å². The molecule has 1 aromatic heterocycles. The average molecular weight is 185 g/mol. The molecule has 0 aromatic carbocycles. The molecule has 0 spiro atoms. The normalized spacial score (nSPS) is 18.5. The van der Waals surface area contributed by atoms with Gasteiger partial charge in [-0.3, -0.25) is 14.8 Å². The van der Waals surface area contributed by atoms with Crippen molar-refractivity contribution in [3.8, 4) is 0 Å². The van der Waals surface area contributed by atoms with Gasteiger partial charge in [0.2, 0.25) is 0 Å². The predicted molar refractivity (Wildman–Crippen MR) is 42.0 cm³/mol. The van der Waals surface area contributed by atoms with Crippen LogP contribution in [0.1, 0.15) is 12.8 Å². The molecule has 1 saturated carbocycles. The van der Waals surface area contributed by atoms with E-state index in [1.54, 1.807) is 0 Å². The SMILES string of the molecule is O=[N+]([O-])c1cnn(CC2(F)CC2)c1. The van der Waals surface area contributed by atoms with Gasteiger partial charge in [-0.1, -0.05) is 0 Å². The Morgan fingerprint density at radius 2 is 2.46 bits per heavy atom. The molecular formula is C7H8FN3O2. The summed E-state index contributed by atoms with van der Waals surface area (Å²) in [7, 11) is 0. The van der Waals surface area contributed by atoms with Crippen LogP contribution in [0.4, 0.5) is 10.1 Å². The zero-order valence-corrected chi connectivity index (χ0v) is 6.81. The van der Waals surface area contributed by atoms with Gasteiger partial charge in [-0.25, -0.2) is 4.39 Å². The van der Waals surface area contributed by atoms with Crippen LogP contribution in [-0.2, 0) is 6.54 Å². The molecule has 0 unspecified atom stereocenters. The molecular weight excluding hydrogens is 177 g/mol. The molecule has 0 radical (unpaired) electrons. The van der Waals surface area contributed by atoms with Crippen LogP contribution in [0.2, 0.25) is 0 Å². The van der Waals surface area contributed by atoms with Crippen molar-refractivity contribution in [2.75, 3.05) is 0 Å². The maximum absolute atomic E-state index is 13.2. The van der Waals surface area contributed by atoms with Gasteiger partial charge in [0, 0.05) is 0 Å². The standard InChI is InChI=1S/C7H8FN3O2/c8-7(1-2-7)5-10-4-6(3-9-10)11(12)13/h3-4H,1-2,5H2. The maximum Gasteiger partial charge on any atom is 0.306 e. The highest BCUT2D eigenvalue weighted by atomic mass is 19.1. The summed E-state index contributed by atoms with van der Waals surface area (Å²) >= 11 is 0. The van der Waals surface area contributed by atoms with Crippen LogP contribution >= 0.6 is 0 Å². The molecule has 2 rings (SSSR count). The predicted octanol–water partition coefficient (Wildman–Crippen LogP) is 1.29.